The lowest BCUT2D eigenvalue weighted by molar-refractivity contribution is 0.0904. The SMILES string of the molecule is CCn1ncc2c(NC3CCOCC3)c(-c3nc(C(=O)NCc4ccc(C)c(C)c4)co3)cnc21. The van der Waals surface area contributed by atoms with Crippen molar-refractivity contribution < 1.29 is 13.9 Å². The number of nitrogens with one attached hydrogen (secondary N) is 2. The zero-order chi connectivity index (χ0) is 24.4. The molecule has 1 aliphatic heterocycles. The summed E-state index contributed by atoms with van der Waals surface area (Å²) in [6.45, 7) is 8.74. The molecule has 1 aromatic carbocycles. The van der Waals surface area contributed by atoms with Gasteiger partial charge in [-0.25, -0.2) is 14.6 Å². The molecule has 3 aromatic heterocycles. The minimum absolute atomic E-state index is 0.227. The third kappa shape index (κ3) is 4.77. The maximum absolute atomic E-state index is 12.8. The molecule has 0 unspecified atom stereocenters. The molecule has 2 N–H and O–H groups in total. The predicted molar refractivity (Wildman–Crippen MR) is 133 cm³/mol. The minimum Gasteiger partial charge on any atom is -0.443 e. The van der Waals surface area contributed by atoms with E-state index >= 15 is 0 Å². The number of nitrogens with zero attached hydrogens (tertiary/aromatic N) is 4. The highest BCUT2D eigenvalue weighted by atomic mass is 16.5. The van der Waals surface area contributed by atoms with Crippen molar-refractivity contribution in [2.75, 3.05) is 18.5 Å². The number of carbonyl (C=O) groups excluding carboxylic acids is 1. The molecule has 0 radical (unpaired) electrons. The molecule has 1 amide bonds. The summed E-state index contributed by atoms with van der Waals surface area (Å²) in [7, 11) is 0. The van der Waals surface area contributed by atoms with Crippen molar-refractivity contribution in [2.24, 2.45) is 0 Å². The van der Waals surface area contributed by atoms with Crippen molar-refractivity contribution in [2.45, 2.75) is 52.7 Å². The van der Waals surface area contributed by atoms with E-state index in [1.807, 2.05) is 23.9 Å². The summed E-state index contributed by atoms with van der Waals surface area (Å²) in [4.78, 5) is 21.9. The fourth-order valence-corrected chi connectivity index (χ4v) is 4.31. The zero-order valence-electron chi connectivity index (χ0n) is 20.3. The first-order valence-corrected chi connectivity index (χ1v) is 12.0. The fourth-order valence-electron chi connectivity index (χ4n) is 4.31. The van der Waals surface area contributed by atoms with Gasteiger partial charge in [-0.3, -0.25) is 4.79 Å². The van der Waals surface area contributed by atoms with Crippen LogP contribution in [0.25, 0.3) is 22.5 Å². The molecule has 0 atom stereocenters. The van der Waals surface area contributed by atoms with Crippen LogP contribution in [0.5, 0.6) is 0 Å². The molecule has 0 bridgehead atoms. The van der Waals surface area contributed by atoms with Gasteiger partial charge in [-0.05, 0) is 50.3 Å². The molecule has 1 fully saturated rings. The van der Waals surface area contributed by atoms with E-state index in [9.17, 15) is 4.79 Å². The first-order valence-electron chi connectivity index (χ1n) is 12.0. The summed E-state index contributed by atoms with van der Waals surface area (Å²) in [6, 6.07) is 6.41. The first kappa shape index (κ1) is 23.0. The van der Waals surface area contributed by atoms with Gasteiger partial charge in [0.05, 0.1) is 22.8 Å². The summed E-state index contributed by atoms with van der Waals surface area (Å²) < 4.78 is 13.1. The minimum atomic E-state index is -0.287. The number of hydrogen-bond acceptors (Lipinski definition) is 7. The number of aryl methyl sites for hydroxylation is 3. The van der Waals surface area contributed by atoms with E-state index in [4.69, 9.17) is 9.15 Å². The van der Waals surface area contributed by atoms with Gasteiger partial charge in [0.2, 0.25) is 5.89 Å². The van der Waals surface area contributed by atoms with E-state index in [0.29, 0.717) is 18.0 Å². The molecular formula is C26H30N6O3. The van der Waals surface area contributed by atoms with E-state index in [1.54, 1.807) is 6.20 Å². The molecule has 0 saturated carbocycles. The van der Waals surface area contributed by atoms with Crippen LogP contribution in [0.3, 0.4) is 0 Å². The number of benzene rings is 1. The van der Waals surface area contributed by atoms with Gasteiger partial charge in [-0.1, -0.05) is 18.2 Å². The van der Waals surface area contributed by atoms with E-state index in [2.05, 4.69) is 51.7 Å². The highest BCUT2D eigenvalue weighted by Crippen LogP contribution is 2.34. The summed E-state index contributed by atoms with van der Waals surface area (Å²) in [5.41, 5.74) is 6.05. The van der Waals surface area contributed by atoms with E-state index in [1.165, 1.54) is 17.4 Å². The molecule has 9 nitrogen and oxygen atoms in total. The van der Waals surface area contributed by atoms with E-state index < -0.39 is 0 Å². The average Bonchev–Trinajstić information content (AvgIpc) is 3.53. The van der Waals surface area contributed by atoms with Gasteiger partial charge in [-0.15, -0.1) is 0 Å². The summed E-state index contributed by atoms with van der Waals surface area (Å²) >= 11 is 0. The van der Waals surface area contributed by atoms with Crippen molar-refractivity contribution in [3.05, 3.63) is 59.2 Å². The number of ether oxygens (including phenoxy) is 1. The Labute approximate surface area is 203 Å². The number of pyridine rings is 1. The summed E-state index contributed by atoms with van der Waals surface area (Å²) in [6.07, 6.45) is 6.76. The van der Waals surface area contributed by atoms with Crippen LogP contribution in [0.4, 0.5) is 5.69 Å². The summed E-state index contributed by atoms with van der Waals surface area (Å²) in [5.74, 6) is 0.0551. The Kier molecular flexibility index (Phi) is 6.50. The second kappa shape index (κ2) is 9.87. The van der Waals surface area contributed by atoms with Crippen LogP contribution in [-0.4, -0.2) is 44.9 Å². The Morgan fingerprint density at radius 2 is 2.00 bits per heavy atom. The topological polar surface area (TPSA) is 107 Å². The third-order valence-electron chi connectivity index (χ3n) is 6.53. The van der Waals surface area contributed by atoms with Crippen molar-refractivity contribution in [1.29, 1.82) is 0 Å². The number of rotatable bonds is 7. The Morgan fingerprint density at radius 3 is 2.77 bits per heavy atom. The fraction of sp³-hybridized carbons (Fsp3) is 0.385. The van der Waals surface area contributed by atoms with E-state index in [0.717, 1.165) is 54.9 Å². The number of aromatic nitrogens is 4. The predicted octanol–water partition coefficient (Wildman–Crippen LogP) is 4.24. The molecule has 1 saturated heterocycles. The zero-order valence-corrected chi connectivity index (χ0v) is 20.3. The maximum Gasteiger partial charge on any atom is 0.273 e. The molecule has 5 rings (SSSR count). The lowest BCUT2D eigenvalue weighted by Gasteiger charge is -2.25. The van der Waals surface area contributed by atoms with Crippen LogP contribution in [0.2, 0.25) is 0 Å². The van der Waals surface area contributed by atoms with Gasteiger partial charge < -0.3 is 19.8 Å². The van der Waals surface area contributed by atoms with Crippen LogP contribution in [0, 0.1) is 13.8 Å². The third-order valence-corrected chi connectivity index (χ3v) is 6.53. The van der Waals surface area contributed by atoms with Crippen LogP contribution in [0.15, 0.2) is 41.3 Å². The van der Waals surface area contributed by atoms with Crippen LogP contribution in [-0.2, 0) is 17.8 Å². The molecule has 35 heavy (non-hydrogen) atoms. The Bertz CT molecular complexity index is 1350. The number of carbonyl (C=O) groups is 1. The standard InChI is InChI=1S/C26H30N6O3/c1-4-32-24-20(14-29-32)23(30-19-7-9-34-10-8-19)21(13-27-24)26-31-22(15-35-26)25(33)28-12-18-6-5-16(2)17(3)11-18/h5-6,11,13-15,19H,4,7-10,12H2,1-3H3,(H,27,30)(H,28,33). The largest absolute Gasteiger partial charge is 0.443 e. The molecule has 0 spiro atoms. The molecule has 4 aromatic rings. The molecule has 4 heterocycles. The molecular weight excluding hydrogens is 444 g/mol. The normalized spacial score (nSPS) is 14.4. The van der Waals surface area contributed by atoms with E-state index in [-0.39, 0.29) is 17.6 Å². The maximum atomic E-state index is 12.8. The first-order chi connectivity index (χ1) is 17.0. The van der Waals surface area contributed by atoms with Crippen LogP contribution >= 0.6 is 0 Å². The number of oxazole rings is 1. The van der Waals surface area contributed by atoms with Crippen molar-refractivity contribution >= 4 is 22.6 Å². The smallest absolute Gasteiger partial charge is 0.273 e. The van der Waals surface area contributed by atoms with Crippen molar-refractivity contribution in [1.82, 2.24) is 25.1 Å². The number of hydrogen-bond donors (Lipinski definition) is 2. The highest BCUT2D eigenvalue weighted by molar-refractivity contribution is 5.97. The highest BCUT2D eigenvalue weighted by Gasteiger charge is 2.23. The Balaban J connectivity index is 1.40. The number of anilines is 1. The lowest BCUT2D eigenvalue weighted by Crippen LogP contribution is -2.28. The van der Waals surface area contributed by atoms with Crippen molar-refractivity contribution in [3.8, 4) is 11.5 Å². The van der Waals surface area contributed by atoms with Gasteiger partial charge in [0.25, 0.3) is 5.91 Å². The van der Waals surface area contributed by atoms with Gasteiger partial charge in [0.1, 0.15) is 6.26 Å². The van der Waals surface area contributed by atoms with Crippen molar-refractivity contribution in [3.63, 3.8) is 0 Å². The van der Waals surface area contributed by atoms with Gasteiger partial charge >= 0.3 is 0 Å². The lowest BCUT2D eigenvalue weighted by atomic mass is 10.1. The molecule has 0 aliphatic carbocycles. The summed E-state index contributed by atoms with van der Waals surface area (Å²) in [5, 5.41) is 11.9. The number of fused-ring (bicyclic) bond motifs is 1. The monoisotopic (exact) mass is 474 g/mol. The average molecular weight is 475 g/mol. The Hall–Kier alpha value is -3.72. The molecule has 1 aliphatic rings. The molecule has 182 valence electrons. The van der Waals surface area contributed by atoms with Crippen LogP contribution in [0.1, 0.15) is 46.9 Å². The van der Waals surface area contributed by atoms with Gasteiger partial charge in [-0.2, -0.15) is 5.10 Å². The number of amides is 1. The Morgan fingerprint density at radius 1 is 1.17 bits per heavy atom. The van der Waals surface area contributed by atoms with Gasteiger partial charge in [0, 0.05) is 38.5 Å². The molecule has 9 heteroatoms. The van der Waals surface area contributed by atoms with Crippen LogP contribution < -0.4 is 10.6 Å². The second-order valence-corrected chi connectivity index (χ2v) is 8.91. The quantitative estimate of drug-likeness (QED) is 0.412. The van der Waals surface area contributed by atoms with Gasteiger partial charge in [0.15, 0.2) is 11.3 Å². The second-order valence-electron chi connectivity index (χ2n) is 8.91.